The number of ether oxygens (including phenoxy) is 1. The number of anilines is 1. The van der Waals surface area contributed by atoms with Crippen LogP contribution in [0, 0.1) is 5.82 Å². The van der Waals surface area contributed by atoms with Gasteiger partial charge in [-0.25, -0.2) is 14.2 Å². The molecule has 2 heterocycles. The summed E-state index contributed by atoms with van der Waals surface area (Å²) in [6, 6.07) is 10.4. The van der Waals surface area contributed by atoms with Gasteiger partial charge in [-0.1, -0.05) is 24.3 Å². The summed E-state index contributed by atoms with van der Waals surface area (Å²) in [6.45, 7) is 1.60. The van der Waals surface area contributed by atoms with E-state index in [9.17, 15) is 23.6 Å². The number of rotatable bonds is 8. The van der Waals surface area contributed by atoms with Crippen molar-refractivity contribution in [3.8, 4) is 11.1 Å². The van der Waals surface area contributed by atoms with Crippen molar-refractivity contribution in [1.82, 2.24) is 14.9 Å². The molecule has 1 fully saturated rings. The number of carbonyl (C=O) groups is 3. The average molecular weight is 520 g/mol. The summed E-state index contributed by atoms with van der Waals surface area (Å²) in [7, 11) is 1.57. The number of ketones is 1. The lowest BCUT2D eigenvalue weighted by Crippen LogP contribution is -2.43. The largest absolute Gasteiger partial charge is 0.442 e. The van der Waals surface area contributed by atoms with Crippen LogP contribution in [0.2, 0.25) is 0 Å². The summed E-state index contributed by atoms with van der Waals surface area (Å²) in [4.78, 5) is 53.0. The molecule has 1 aliphatic heterocycles. The van der Waals surface area contributed by atoms with Crippen molar-refractivity contribution in [2.75, 3.05) is 11.4 Å². The Morgan fingerprint density at radius 3 is 2.66 bits per heavy atom. The third-order valence-electron chi connectivity index (χ3n) is 6.14. The molecule has 11 heteroatoms. The first-order chi connectivity index (χ1) is 18.1. The number of hydrogen-bond donors (Lipinski definition) is 2. The number of benzene rings is 2. The molecule has 2 atom stereocenters. The number of aryl methyl sites for hydroxylation is 1. The third-order valence-corrected chi connectivity index (χ3v) is 6.14. The van der Waals surface area contributed by atoms with Gasteiger partial charge in [0.1, 0.15) is 23.7 Å². The summed E-state index contributed by atoms with van der Waals surface area (Å²) in [6.07, 6.45) is 3.94. The van der Waals surface area contributed by atoms with E-state index in [-0.39, 0.29) is 30.3 Å². The summed E-state index contributed by atoms with van der Waals surface area (Å²) < 4.78 is 21.5. The highest BCUT2D eigenvalue weighted by atomic mass is 19.1. The molecular formula is C27H26FN5O5. The predicted octanol–water partition coefficient (Wildman–Crippen LogP) is 2.16. The number of carbonyl (C=O) groups excluding carboxylic acids is 3. The van der Waals surface area contributed by atoms with E-state index in [2.05, 4.69) is 10.3 Å². The van der Waals surface area contributed by atoms with Crippen LogP contribution in [0.15, 0.2) is 65.9 Å². The fraction of sp³-hybridized carbons (Fsp3) is 0.222. The summed E-state index contributed by atoms with van der Waals surface area (Å²) in [5.41, 5.74) is 7.84. The van der Waals surface area contributed by atoms with E-state index in [0.29, 0.717) is 22.4 Å². The molecule has 1 aliphatic rings. The van der Waals surface area contributed by atoms with E-state index in [4.69, 9.17) is 10.5 Å². The number of Topliss-reactive ketones (excluding diaryl/α,β-unsaturated/α-hetero) is 1. The molecule has 38 heavy (non-hydrogen) atoms. The van der Waals surface area contributed by atoms with E-state index < -0.39 is 24.1 Å². The van der Waals surface area contributed by atoms with Crippen molar-refractivity contribution in [3.63, 3.8) is 0 Å². The number of nitrogens with one attached hydrogen (secondary N) is 1. The highest BCUT2D eigenvalue weighted by Gasteiger charge is 2.37. The maximum atomic E-state index is 15.0. The van der Waals surface area contributed by atoms with Crippen molar-refractivity contribution in [1.29, 1.82) is 0 Å². The average Bonchev–Trinajstić information content (AvgIpc) is 3.29. The van der Waals surface area contributed by atoms with Gasteiger partial charge in [-0.2, -0.15) is 0 Å². The minimum absolute atomic E-state index is 0.0485. The monoisotopic (exact) mass is 519 g/mol. The number of hydrogen-bond acceptors (Lipinski definition) is 7. The van der Waals surface area contributed by atoms with Crippen molar-refractivity contribution < 1.29 is 23.5 Å². The molecule has 0 aliphatic carbocycles. The van der Waals surface area contributed by atoms with E-state index in [1.54, 1.807) is 43.4 Å². The van der Waals surface area contributed by atoms with Crippen molar-refractivity contribution in [3.05, 3.63) is 88.4 Å². The van der Waals surface area contributed by atoms with E-state index in [0.717, 1.165) is 5.56 Å². The first-order valence-corrected chi connectivity index (χ1v) is 11.7. The number of halogens is 1. The molecule has 10 nitrogen and oxygen atoms in total. The number of nitrogens with zero attached hydrogens (tertiary/aromatic N) is 3. The summed E-state index contributed by atoms with van der Waals surface area (Å²) >= 11 is 0. The Bertz CT molecular complexity index is 1470. The molecular weight excluding hydrogens is 493 g/mol. The van der Waals surface area contributed by atoms with Gasteiger partial charge in [0.2, 0.25) is 5.91 Å². The van der Waals surface area contributed by atoms with Gasteiger partial charge < -0.3 is 20.4 Å². The van der Waals surface area contributed by atoms with Crippen LogP contribution < -0.4 is 21.5 Å². The fourth-order valence-electron chi connectivity index (χ4n) is 3.91. The molecule has 1 unspecified atom stereocenters. The topological polar surface area (TPSA) is 137 Å². The molecule has 4 rings (SSSR count). The first-order valence-electron chi connectivity index (χ1n) is 11.7. The van der Waals surface area contributed by atoms with Crippen LogP contribution in [0.5, 0.6) is 0 Å². The Labute approximate surface area is 217 Å². The lowest BCUT2D eigenvalue weighted by Gasteiger charge is -2.16. The van der Waals surface area contributed by atoms with Gasteiger partial charge in [0.05, 0.1) is 24.1 Å². The Morgan fingerprint density at radius 1 is 1.24 bits per heavy atom. The van der Waals surface area contributed by atoms with Crippen LogP contribution in [-0.4, -0.2) is 46.0 Å². The third kappa shape index (κ3) is 5.84. The number of cyclic esters (lactones) is 1. The van der Waals surface area contributed by atoms with E-state index in [1.807, 2.05) is 0 Å². The van der Waals surface area contributed by atoms with Gasteiger partial charge >= 0.3 is 6.09 Å². The lowest BCUT2D eigenvalue weighted by molar-refractivity contribution is -0.120. The van der Waals surface area contributed by atoms with Crippen LogP contribution in [0.4, 0.5) is 14.9 Å². The number of nitrogens with two attached hydrogens (primary N) is 1. The Kier molecular flexibility index (Phi) is 7.77. The minimum Gasteiger partial charge on any atom is -0.442 e. The molecule has 0 saturated carbocycles. The molecule has 0 spiro atoms. The second kappa shape index (κ2) is 11.2. The molecule has 0 radical (unpaired) electrons. The second-order valence-electron chi connectivity index (χ2n) is 8.85. The van der Waals surface area contributed by atoms with Gasteiger partial charge in [0.25, 0.3) is 5.56 Å². The van der Waals surface area contributed by atoms with Crippen molar-refractivity contribution in [2.45, 2.75) is 25.6 Å². The van der Waals surface area contributed by atoms with Gasteiger partial charge in [-0.3, -0.25) is 19.3 Å². The number of amides is 2. The summed E-state index contributed by atoms with van der Waals surface area (Å²) in [5, 5.41) is 2.73. The fourth-order valence-corrected chi connectivity index (χ4v) is 3.91. The zero-order valence-electron chi connectivity index (χ0n) is 20.8. The van der Waals surface area contributed by atoms with Crippen molar-refractivity contribution >= 4 is 29.5 Å². The highest BCUT2D eigenvalue weighted by Crippen LogP contribution is 2.29. The minimum atomic E-state index is -0.942. The molecule has 0 bridgehead atoms. The van der Waals surface area contributed by atoms with Gasteiger partial charge in [0, 0.05) is 31.4 Å². The Morgan fingerprint density at radius 2 is 1.97 bits per heavy atom. The number of aromatic nitrogens is 2. The normalized spacial score (nSPS) is 15.9. The SMILES string of the molecule is CC(=O)[C@@H](N)C1CN(c2ccc(-c3ccc(CNC(=O)/C=C/c4cncn(C)c4=O)cc3)c(F)c2)C(=O)O1. The standard InChI is InChI=1S/C27H26FN5O5/c1-16(34)25(29)23-14-33(27(37)38-23)20-8-9-21(22(28)11-20)18-5-3-17(4-6-18)12-31-24(35)10-7-19-13-30-15-32(2)26(19)36/h3-11,13,15,23,25H,12,14,29H2,1-2H3,(H,31,35)/b10-7+/t23?,25-/m1/s1. The quantitative estimate of drug-likeness (QED) is 0.435. The molecule has 1 aromatic heterocycles. The van der Waals surface area contributed by atoms with E-state index in [1.165, 1.54) is 47.1 Å². The van der Waals surface area contributed by atoms with Crippen molar-refractivity contribution in [2.24, 2.45) is 12.8 Å². The zero-order valence-corrected chi connectivity index (χ0v) is 20.8. The van der Waals surface area contributed by atoms with Gasteiger partial charge in [-0.05, 0) is 42.3 Å². The Hall–Kier alpha value is -4.64. The zero-order chi connectivity index (χ0) is 27.4. The Balaban J connectivity index is 1.38. The van der Waals surface area contributed by atoms with Gasteiger partial charge in [-0.15, -0.1) is 0 Å². The molecule has 3 N–H and O–H groups in total. The maximum Gasteiger partial charge on any atom is 0.414 e. The predicted molar refractivity (Wildman–Crippen MR) is 138 cm³/mol. The molecule has 196 valence electrons. The van der Waals surface area contributed by atoms with Crippen LogP contribution in [0.1, 0.15) is 18.1 Å². The summed E-state index contributed by atoms with van der Waals surface area (Å²) in [5.74, 6) is -1.22. The molecule has 2 aromatic carbocycles. The molecule has 3 aromatic rings. The lowest BCUT2D eigenvalue weighted by atomic mass is 10.0. The van der Waals surface area contributed by atoms with E-state index >= 15 is 0 Å². The molecule has 1 saturated heterocycles. The van der Waals surface area contributed by atoms with Crippen LogP contribution >= 0.6 is 0 Å². The van der Waals surface area contributed by atoms with Gasteiger partial charge in [0.15, 0.2) is 0 Å². The first kappa shape index (κ1) is 26.4. The van der Waals surface area contributed by atoms with Crippen LogP contribution in [0.25, 0.3) is 17.2 Å². The maximum absolute atomic E-state index is 15.0. The van der Waals surface area contributed by atoms with Crippen LogP contribution in [-0.2, 0) is 27.9 Å². The molecule has 2 amide bonds. The second-order valence-corrected chi connectivity index (χ2v) is 8.85. The smallest absolute Gasteiger partial charge is 0.414 e. The highest BCUT2D eigenvalue weighted by molar-refractivity contribution is 5.92. The van der Waals surface area contributed by atoms with Crippen LogP contribution in [0.3, 0.4) is 0 Å².